The van der Waals surface area contributed by atoms with Crippen LogP contribution in [-0.4, -0.2) is 50.3 Å². The third-order valence-corrected chi connectivity index (χ3v) is 7.35. The van der Waals surface area contributed by atoms with Crippen LogP contribution < -0.4 is 11.1 Å². The average molecular weight is 549 g/mol. The zero-order valence-corrected chi connectivity index (χ0v) is 20.6. The Morgan fingerprint density at radius 2 is 1.03 bits per heavy atom. The summed E-state index contributed by atoms with van der Waals surface area (Å²) in [4.78, 5) is 42.9. The number of aromatic nitrogens is 6. The molecule has 190 valence electrons. The first-order valence-corrected chi connectivity index (χ1v) is 12.5. The first-order chi connectivity index (χ1) is 18.3. The van der Waals surface area contributed by atoms with Crippen molar-refractivity contribution in [3.63, 3.8) is 0 Å². The van der Waals surface area contributed by atoms with E-state index in [1.807, 2.05) is 0 Å². The number of phenolic OH excluding ortho intramolecular Hbond substituents is 4. The van der Waals surface area contributed by atoms with E-state index in [1.165, 1.54) is 36.7 Å². The fraction of sp³-hybridized carbons (Fsp3) is 0. The molecule has 4 aromatic heterocycles. The van der Waals surface area contributed by atoms with E-state index in [2.05, 4.69) is 29.9 Å². The molecular formula is C24H16N6O6S2. The van der Waals surface area contributed by atoms with Gasteiger partial charge in [-0.2, -0.15) is 0 Å². The molecule has 0 amide bonds. The van der Waals surface area contributed by atoms with Gasteiger partial charge in [0, 0.05) is 58.6 Å². The maximum Gasteiger partial charge on any atom is 0.251 e. The molecule has 6 rings (SSSR count). The molecule has 0 bridgehead atoms. The number of hydrogen-bond donors (Lipinski definition) is 8. The molecule has 0 unspecified atom stereocenters. The first kappa shape index (κ1) is 23.6. The Morgan fingerprint density at radius 1 is 0.605 bits per heavy atom. The molecule has 12 nitrogen and oxygen atoms in total. The third-order valence-electron chi connectivity index (χ3n) is 5.67. The molecular weight excluding hydrogens is 532 g/mol. The van der Waals surface area contributed by atoms with E-state index in [4.69, 9.17) is 0 Å². The summed E-state index contributed by atoms with van der Waals surface area (Å²) in [5, 5.41) is 45.5. The quantitative estimate of drug-likeness (QED) is 0.116. The number of nitrogens with zero attached hydrogens (tertiary/aromatic N) is 2. The summed E-state index contributed by atoms with van der Waals surface area (Å²) in [6, 6.07) is 8.55. The van der Waals surface area contributed by atoms with E-state index in [1.54, 1.807) is 12.1 Å². The second-order valence-corrected chi connectivity index (χ2v) is 10.2. The molecule has 0 fully saturated rings. The molecule has 0 aliphatic heterocycles. The van der Waals surface area contributed by atoms with Gasteiger partial charge in [0.05, 0.1) is 21.1 Å². The predicted octanol–water partition coefficient (Wildman–Crippen LogP) is 3.61. The van der Waals surface area contributed by atoms with Gasteiger partial charge in [-0.05, 0) is 35.7 Å². The topological polar surface area (TPSA) is 204 Å². The molecule has 0 spiro atoms. The lowest BCUT2D eigenvalue weighted by atomic mass is 9.95. The molecule has 0 radical (unpaired) electrons. The van der Waals surface area contributed by atoms with Crippen molar-refractivity contribution in [3.05, 3.63) is 69.5 Å². The van der Waals surface area contributed by atoms with E-state index in [0.29, 0.717) is 42.2 Å². The highest BCUT2D eigenvalue weighted by atomic mass is 32.2. The number of nitrogens with one attached hydrogen (secondary N) is 4. The van der Waals surface area contributed by atoms with Gasteiger partial charge < -0.3 is 40.4 Å². The van der Waals surface area contributed by atoms with Crippen LogP contribution in [0, 0.1) is 0 Å². The van der Waals surface area contributed by atoms with Crippen LogP contribution in [0.3, 0.4) is 0 Å². The zero-order valence-electron chi connectivity index (χ0n) is 18.9. The largest absolute Gasteiger partial charge is 0.504 e. The molecule has 38 heavy (non-hydrogen) atoms. The summed E-state index contributed by atoms with van der Waals surface area (Å²) in [5.41, 5.74) is 0.331. The van der Waals surface area contributed by atoms with Crippen molar-refractivity contribution in [2.45, 2.75) is 20.4 Å². The molecule has 0 saturated heterocycles. The highest BCUT2D eigenvalue weighted by Crippen LogP contribution is 2.52. The molecule has 6 aromatic rings. The Morgan fingerprint density at radius 3 is 1.42 bits per heavy atom. The van der Waals surface area contributed by atoms with Crippen LogP contribution in [0.15, 0.2) is 78.7 Å². The summed E-state index contributed by atoms with van der Waals surface area (Å²) in [6.07, 6.45) is 2.74. The van der Waals surface area contributed by atoms with Gasteiger partial charge >= 0.3 is 0 Å². The molecule has 0 aliphatic carbocycles. The number of aromatic hydroxyl groups is 4. The maximum absolute atomic E-state index is 11.6. The minimum absolute atomic E-state index is 0.0674. The minimum Gasteiger partial charge on any atom is -0.504 e. The zero-order chi connectivity index (χ0) is 26.6. The van der Waals surface area contributed by atoms with Crippen LogP contribution in [0.5, 0.6) is 23.0 Å². The van der Waals surface area contributed by atoms with Crippen LogP contribution >= 0.6 is 23.5 Å². The Labute approximate surface area is 219 Å². The monoisotopic (exact) mass is 548 g/mol. The van der Waals surface area contributed by atoms with Gasteiger partial charge in [-0.3, -0.25) is 9.59 Å². The standard InChI is InChI=1S/C24H16N6O6S2/c31-13-7-11-9(5-17(27-11)37-23-25-3-1-15(33)29-23)19(21(13)35)20-10-6-18(28-12(10)8-14(32)22(20)36)38-24-26-4-2-16(34)30-24/h1-8,27-28,31-32,35-36H,(H,25,29,33)(H,26,30,34). The average Bonchev–Trinajstić information content (AvgIpc) is 3.44. The predicted molar refractivity (Wildman–Crippen MR) is 140 cm³/mol. The SMILES string of the molecule is O=c1ccnc(Sc2cc3c(-c4c(O)c(O)cc5[nH]c(Sc6nccc(=O)[nH]6)cc45)c(O)c(O)cc3[nH]2)[nH]1. The molecule has 4 heterocycles. The van der Waals surface area contributed by atoms with Crippen LogP contribution in [0.2, 0.25) is 0 Å². The Kier molecular flexibility index (Phi) is 5.54. The summed E-state index contributed by atoms with van der Waals surface area (Å²) in [6.45, 7) is 0. The molecule has 2 aromatic carbocycles. The fourth-order valence-electron chi connectivity index (χ4n) is 4.08. The van der Waals surface area contributed by atoms with E-state index < -0.39 is 23.0 Å². The number of rotatable bonds is 5. The summed E-state index contributed by atoms with van der Waals surface area (Å²) in [5.74, 6) is -1.93. The number of fused-ring (bicyclic) bond motifs is 2. The molecule has 14 heteroatoms. The highest BCUT2D eigenvalue weighted by Gasteiger charge is 2.24. The number of benzene rings is 2. The van der Waals surface area contributed by atoms with Crippen molar-refractivity contribution >= 4 is 45.3 Å². The highest BCUT2D eigenvalue weighted by molar-refractivity contribution is 7.99. The van der Waals surface area contributed by atoms with Crippen molar-refractivity contribution in [1.82, 2.24) is 29.9 Å². The van der Waals surface area contributed by atoms with Crippen molar-refractivity contribution in [3.8, 4) is 34.1 Å². The first-order valence-electron chi connectivity index (χ1n) is 10.9. The van der Waals surface area contributed by atoms with Crippen molar-refractivity contribution < 1.29 is 20.4 Å². The normalized spacial score (nSPS) is 11.5. The summed E-state index contributed by atoms with van der Waals surface area (Å²) in [7, 11) is 0. The van der Waals surface area contributed by atoms with Gasteiger partial charge in [0.2, 0.25) is 0 Å². The Balaban J connectivity index is 1.54. The summed E-state index contributed by atoms with van der Waals surface area (Å²) >= 11 is 2.24. The fourth-order valence-corrected chi connectivity index (χ4v) is 5.71. The minimum atomic E-state index is -0.508. The maximum atomic E-state index is 11.6. The van der Waals surface area contributed by atoms with Gasteiger partial charge in [0.1, 0.15) is 0 Å². The van der Waals surface area contributed by atoms with E-state index in [9.17, 15) is 30.0 Å². The van der Waals surface area contributed by atoms with Crippen molar-refractivity contribution in [2.75, 3.05) is 0 Å². The van der Waals surface area contributed by atoms with E-state index in [0.717, 1.165) is 23.5 Å². The second kappa shape index (κ2) is 8.93. The number of aromatic amines is 4. The smallest absolute Gasteiger partial charge is 0.251 e. The van der Waals surface area contributed by atoms with Crippen molar-refractivity contribution in [2.24, 2.45) is 0 Å². The van der Waals surface area contributed by atoms with Gasteiger partial charge in [0.15, 0.2) is 33.3 Å². The summed E-state index contributed by atoms with van der Waals surface area (Å²) < 4.78 is 0. The van der Waals surface area contributed by atoms with Crippen LogP contribution in [0.1, 0.15) is 0 Å². The lowest BCUT2D eigenvalue weighted by Gasteiger charge is -2.13. The lowest BCUT2D eigenvalue weighted by molar-refractivity contribution is 0.401. The van der Waals surface area contributed by atoms with E-state index >= 15 is 0 Å². The van der Waals surface area contributed by atoms with Gasteiger partial charge in [-0.1, -0.05) is 0 Å². The van der Waals surface area contributed by atoms with Crippen LogP contribution in [0.25, 0.3) is 32.9 Å². The van der Waals surface area contributed by atoms with Crippen molar-refractivity contribution in [1.29, 1.82) is 0 Å². The Bertz CT molecular complexity index is 1850. The Hall–Kier alpha value is -4.82. The van der Waals surface area contributed by atoms with Gasteiger partial charge in [-0.25, -0.2) is 9.97 Å². The number of H-pyrrole nitrogens is 4. The van der Waals surface area contributed by atoms with E-state index in [-0.39, 0.29) is 22.2 Å². The molecule has 0 atom stereocenters. The van der Waals surface area contributed by atoms with Gasteiger partial charge in [0.25, 0.3) is 11.1 Å². The molecule has 0 saturated carbocycles. The number of hydrogen-bond acceptors (Lipinski definition) is 10. The molecule has 0 aliphatic rings. The number of phenols is 4. The van der Waals surface area contributed by atoms with Crippen LogP contribution in [-0.2, 0) is 0 Å². The van der Waals surface area contributed by atoms with Crippen LogP contribution in [0.4, 0.5) is 0 Å². The third kappa shape index (κ3) is 4.10. The second-order valence-electron chi connectivity index (χ2n) is 8.11. The van der Waals surface area contributed by atoms with Gasteiger partial charge in [-0.15, -0.1) is 0 Å². The lowest BCUT2D eigenvalue weighted by Crippen LogP contribution is -2.04. The molecule has 8 N–H and O–H groups in total.